The molecule has 0 atom stereocenters. The van der Waals surface area contributed by atoms with Crippen molar-refractivity contribution in [3.05, 3.63) is 29.8 Å². The number of benzene rings is 1. The summed E-state index contributed by atoms with van der Waals surface area (Å²) in [5, 5.41) is -0.483. The number of rotatable bonds is 4. The van der Waals surface area contributed by atoms with Gasteiger partial charge in [-0.25, -0.2) is 13.2 Å². The summed E-state index contributed by atoms with van der Waals surface area (Å²) in [7, 11) is -3.36. The van der Waals surface area contributed by atoms with Gasteiger partial charge in [0.05, 0.1) is 5.25 Å². The molecule has 0 aromatic heterocycles. The van der Waals surface area contributed by atoms with E-state index in [4.69, 9.17) is 4.74 Å². The van der Waals surface area contributed by atoms with E-state index in [1.165, 1.54) is 0 Å². The Morgan fingerprint density at radius 2 is 1.85 bits per heavy atom. The first-order valence-electron chi connectivity index (χ1n) is 9.07. The highest BCUT2D eigenvalue weighted by molar-refractivity contribution is 7.93. The van der Waals surface area contributed by atoms with Crippen LogP contribution in [-0.2, 0) is 14.8 Å². The molecular formula is C19H30N2O4S. The first-order valence-corrected chi connectivity index (χ1v) is 10.6. The number of hydrogen-bond acceptors (Lipinski definition) is 4. The second kappa shape index (κ2) is 7.86. The Morgan fingerprint density at radius 1 is 1.23 bits per heavy atom. The molecule has 26 heavy (non-hydrogen) atoms. The zero-order valence-electron chi connectivity index (χ0n) is 16.3. The van der Waals surface area contributed by atoms with Crippen molar-refractivity contribution < 1.29 is 17.9 Å². The van der Waals surface area contributed by atoms with Gasteiger partial charge in [-0.15, -0.1) is 0 Å². The van der Waals surface area contributed by atoms with Gasteiger partial charge in [0.25, 0.3) is 0 Å². The fourth-order valence-corrected chi connectivity index (χ4v) is 3.55. The number of amides is 1. The SMILES string of the molecule is CC(C)S(=O)(=O)Nc1cccc(C2CCN(C(=O)OC(C)(C)C)CC2)c1. The number of sulfonamides is 1. The first-order chi connectivity index (χ1) is 12.0. The van der Waals surface area contributed by atoms with Gasteiger partial charge in [0.2, 0.25) is 10.0 Å². The second-order valence-electron chi connectivity index (χ2n) is 8.06. The van der Waals surface area contributed by atoms with Crippen LogP contribution in [0.2, 0.25) is 0 Å². The molecule has 0 bridgehead atoms. The molecule has 0 aliphatic carbocycles. The first kappa shape index (κ1) is 20.6. The Kier molecular flexibility index (Phi) is 6.21. The zero-order valence-corrected chi connectivity index (χ0v) is 17.1. The van der Waals surface area contributed by atoms with Crippen molar-refractivity contribution in [1.29, 1.82) is 0 Å². The third-order valence-corrected chi connectivity index (χ3v) is 6.15. The lowest BCUT2D eigenvalue weighted by Gasteiger charge is -2.33. The smallest absolute Gasteiger partial charge is 0.410 e. The number of piperidine rings is 1. The minimum absolute atomic E-state index is 0.269. The van der Waals surface area contributed by atoms with Gasteiger partial charge >= 0.3 is 6.09 Å². The molecule has 7 heteroatoms. The predicted octanol–water partition coefficient (Wildman–Crippen LogP) is 3.95. The lowest BCUT2D eigenvalue weighted by atomic mass is 9.89. The van der Waals surface area contributed by atoms with Gasteiger partial charge in [-0.2, -0.15) is 0 Å². The highest BCUT2D eigenvalue weighted by Crippen LogP contribution is 2.30. The molecule has 1 saturated heterocycles. The van der Waals surface area contributed by atoms with E-state index in [0.29, 0.717) is 24.7 Å². The molecule has 2 rings (SSSR count). The normalized spacial score (nSPS) is 16.6. The fourth-order valence-electron chi connectivity index (χ4n) is 2.86. The number of hydrogen-bond donors (Lipinski definition) is 1. The fraction of sp³-hybridized carbons (Fsp3) is 0.632. The molecule has 1 N–H and O–H groups in total. The van der Waals surface area contributed by atoms with Crippen LogP contribution < -0.4 is 4.72 Å². The number of likely N-dealkylation sites (tertiary alicyclic amines) is 1. The Balaban J connectivity index is 1.99. The van der Waals surface area contributed by atoms with Gasteiger partial charge in [-0.3, -0.25) is 4.72 Å². The third kappa shape index (κ3) is 5.62. The van der Waals surface area contributed by atoms with Gasteiger partial charge in [0.1, 0.15) is 5.60 Å². The maximum atomic E-state index is 12.2. The number of nitrogens with zero attached hydrogens (tertiary/aromatic N) is 1. The molecule has 0 saturated carbocycles. The standard InChI is InChI=1S/C19H30N2O4S/c1-14(2)26(23,24)20-17-8-6-7-16(13-17)15-9-11-21(12-10-15)18(22)25-19(3,4)5/h6-8,13-15,20H,9-12H2,1-5H3. The molecule has 6 nitrogen and oxygen atoms in total. The van der Waals surface area contributed by atoms with Crippen LogP contribution in [0, 0.1) is 0 Å². The van der Waals surface area contributed by atoms with Crippen LogP contribution in [0.25, 0.3) is 0 Å². The summed E-state index contributed by atoms with van der Waals surface area (Å²) in [6.07, 6.45) is 1.40. The van der Waals surface area contributed by atoms with Crippen molar-refractivity contribution in [2.24, 2.45) is 0 Å². The average molecular weight is 383 g/mol. The van der Waals surface area contributed by atoms with E-state index in [9.17, 15) is 13.2 Å². The van der Waals surface area contributed by atoms with E-state index in [1.54, 1.807) is 24.8 Å². The Labute approximate surface area is 157 Å². The van der Waals surface area contributed by atoms with Crippen molar-refractivity contribution in [3.63, 3.8) is 0 Å². The van der Waals surface area contributed by atoms with Crippen molar-refractivity contribution in [2.45, 2.75) is 64.2 Å². The maximum Gasteiger partial charge on any atom is 0.410 e. The number of anilines is 1. The summed E-state index contributed by atoms with van der Waals surface area (Å²) in [5.74, 6) is 0.303. The van der Waals surface area contributed by atoms with E-state index in [-0.39, 0.29) is 6.09 Å². The maximum absolute atomic E-state index is 12.2. The second-order valence-corrected chi connectivity index (χ2v) is 10.3. The molecule has 1 aliphatic heterocycles. The molecule has 1 amide bonds. The summed E-state index contributed by atoms with van der Waals surface area (Å²) < 4.78 is 32.2. The van der Waals surface area contributed by atoms with Crippen LogP contribution >= 0.6 is 0 Å². The lowest BCUT2D eigenvalue weighted by molar-refractivity contribution is 0.0205. The third-order valence-electron chi connectivity index (χ3n) is 4.39. The minimum Gasteiger partial charge on any atom is -0.444 e. The Bertz CT molecular complexity index is 730. The molecule has 1 aromatic rings. The van der Waals surface area contributed by atoms with E-state index >= 15 is 0 Å². The van der Waals surface area contributed by atoms with Crippen LogP contribution in [-0.4, -0.2) is 43.4 Å². The molecule has 0 spiro atoms. The van der Waals surface area contributed by atoms with Gasteiger partial charge in [0, 0.05) is 18.8 Å². The van der Waals surface area contributed by atoms with E-state index in [1.807, 2.05) is 39.0 Å². The van der Waals surface area contributed by atoms with E-state index < -0.39 is 20.9 Å². The predicted molar refractivity (Wildman–Crippen MR) is 104 cm³/mol. The van der Waals surface area contributed by atoms with Crippen LogP contribution in [0.4, 0.5) is 10.5 Å². The molecule has 1 fully saturated rings. The monoisotopic (exact) mass is 382 g/mol. The van der Waals surface area contributed by atoms with Crippen molar-refractivity contribution in [1.82, 2.24) is 4.90 Å². The highest BCUT2D eigenvalue weighted by atomic mass is 32.2. The summed E-state index contributed by atoms with van der Waals surface area (Å²) in [6.45, 7) is 10.2. The number of nitrogens with one attached hydrogen (secondary N) is 1. The van der Waals surface area contributed by atoms with Crippen LogP contribution in [0.3, 0.4) is 0 Å². The Morgan fingerprint density at radius 3 is 2.38 bits per heavy atom. The van der Waals surface area contributed by atoms with E-state index in [0.717, 1.165) is 18.4 Å². The van der Waals surface area contributed by atoms with Crippen molar-refractivity contribution >= 4 is 21.8 Å². The highest BCUT2D eigenvalue weighted by Gasteiger charge is 2.27. The van der Waals surface area contributed by atoms with Gasteiger partial charge in [-0.05, 0) is 71.1 Å². The van der Waals surface area contributed by atoms with Crippen molar-refractivity contribution in [3.8, 4) is 0 Å². The number of ether oxygens (including phenoxy) is 1. The van der Waals surface area contributed by atoms with Crippen LogP contribution in [0.1, 0.15) is 58.9 Å². The van der Waals surface area contributed by atoms with E-state index in [2.05, 4.69) is 4.72 Å². The summed E-state index contributed by atoms with van der Waals surface area (Å²) in [6, 6.07) is 7.54. The lowest BCUT2D eigenvalue weighted by Crippen LogP contribution is -2.41. The minimum atomic E-state index is -3.36. The summed E-state index contributed by atoms with van der Waals surface area (Å²) >= 11 is 0. The number of carbonyl (C=O) groups is 1. The molecule has 0 unspecified atom stereocenters. The van der Waals surface area contributed by atoms with Crippen molar-refractivity contribution in [2.75, 3.05) is 17.8 Å². The molecule has 0 radical (unpaired) electrons. The summed E-state index contributed by atoms with van der Waals surface area (Å²) in [4.78, 5) is 13.9. The largest absolute Gasteiger partial charge is 0.444 e. The molecule has 1 aliphatic rings. The van der Waals surface area contributed by atoms with Crippen LogP contribution in [0.5, 0.6) is 0 Å². The number of carbonyl (C=O) groups excluding carboxylic acids is 1. The van der Waals surface area contributed by atoms with Gasteiger partial charge in [-0.1, -0.05) is 12.1 Å². The average Bonchev–Trinajstić information content (AvgIpc) is 2.53. The van der Waals surface area contributed by atoms with Gasteiger partial charge < -0.3 is 9.64 Å². The zero-order chi connectivity index (χ0) is 19.5. The molecule has 1 aromatic carbocycles. The molecule has 1 heterocycles. The topological polar surface area (TPSA) is 75.7 Å². The molecular weight excluding hydrogens is 352 g/mol. The Hall–Kier alpha value is -1.76. The van der Waals surface area contributed by atoms with Crippen LogP contribution in [0.15, 0.2) is 24.3 Å². The summed E-state index contributed by atoms with van der Waals surface area (Å²) in [5.41, 5.74) is 1.19. The van der Waals surface area contributed by atoms with Gasteiger partial charge in [0.15, 0.2) is 0 Å². The quantitative estimate of drug-likeness (QED) is 0.855. The molecule has 146 valence electrons.